The van der Waals surface area contributed by atoms with Crippen molar-refractivity contribution in [2.75, 3.05) is 0 Å². The number of rotatable bonds is 1. The molecule has 0 aromatic carbocycles. The summed E-state index contributed by atoms with van der Waals surface area (Å²) < 4.78 is 0. The Kier molecular flexibility index (Phi) is 5.02. The van der Waals surface area contributed by atoms with Crippen LogP contribution in [0.15, 0.2) is 6.20 Å². The average molecular weight is 217 g/mol. The van der Waals surface area contributed by atoms with Gasteiger partial charge in [0.15, 0.2) is 0 Å². The molecular weight excluding hydrogens is 200 g/mol. The summed E-state index contributed by atoms with van der Waals surface area (Å²) in [6.07, 6.45) is 1.55. The highest BCUT2D eigenvalue weighted by molar-refractivity contribution is 6.28. The van der Waals surface area contributed by atoms with Crippen LogP contribution < -0.4 is 0 Å². The van der Waals surface area contributed by atoms with Crippen molar-refractivity contribution in [1.82, 2.24) is 9.97 Å². The highest BCUT2D eigenvalue weighted by atomic mass is 35.5. The topological polar surface area (TPSA) is 46.0 Å². The summed E-state index contributed by atoms with van der Waals surface area (Å²) in [5.41, 5.74) is 0.503. The van der Waals surface area contributed by atoms with E-state index in [1.807, 2.05) is 13.8 Å². The Morgan fingerprint density at radius 3 is 2.21 bits per heavy atom. The molecule has 0 amide bonds. The maximum Gasteiger partial charge on any atom is 0.222 e. The first-order valence-electron chi connectivity index (χ1n) is 4.63. The molecule has 0 radical (unpaired) electrons. The van der Waals surface area contributed by atoms with Gasteiger partial charge in [-0.25, -0.2) is 9.97 Å². The van der Waals surface area contributed by atoms with Crippen molar-refractivity contribution in [2.24, 2.45) is 0 Å². The molecule has 0 aliphatic heterocycles. The van der Waals surface area contributed by atoms with Crippen molar-refractivity contribution >= 4 is 11.6 Å². The molecule has 3 nitrogen and oxygen atoms in total. The number of hydrogen-bond acceptors (Lipinski definition) is 3. The minimum Gasteiger partial charge on any atom is -0.386 e. The second kappa shape index (κ2) is 5.27. The molecule has 1 heterocycles. The van der Waals surface area contributed by atoms with Crippen LogP contribution in [-0.2, 0) is 5.60 Å². The van der Waals surface area contributed by atoms with Gasteiger partial charge in [-0.3, -0.25) is 0 Å². The van der Waals surface area contributed by atoms with Crippen LogP contribution in [0.1, 0.15) is 39.0 Å². The molecule has 0 unspecified atom stereocenters. The summed E-state index contributed by atoms with van der Waals surface area (Å²) >= 11 is 5.56. The monoisotopic (exact) mass is 216 g/mol. The number of aliphatic hydroxyl groups is 1. The fraction of sp³-hybridized carbons (Fsp3) is 0.600. The highest BCUT2D eigenvalue weighted by Crippen LogP contribution is 2.21. The molecule has 14 heavy (non-hydrogen) atoms. The first-order valence-corrected chi connectivity index (χ1v) is 5.01. The summed E-state index contributed by atoms with van der Waals surface area (Å²) in [5.74, 6) is 0. The quantitative estimate of drug-likeness (QED) is 0.735. The summed E-state index contributed by atoms with van der Waals surface area (Å²) in [6.45, 7) is 9.17. The molecule has 1 aromatic heterocycles. The van der Waals surface area contributed by atoms with Crippen LogP contribution >= 0.6 is 11.6 Å². The van der Waals surface area contributed by atoms with E-state index in [0.717, 1.165) is 0 Å². The molecule has 1 N–H and O–H groups in total. The van der Waals surface area contributed by atoms with E-state index in [0.29, 0.717) is 11.3 Å². The van der Waals surface area contributed by atoms with Gasteiger partial charge in [0, 0.05) is 17.5 Å². The molecule has 0 fully saturated rings. The van der Waals surface area contributed by atoms with Crippen LogP contribution in [0.5, 0.6) is 0 Å². The van der Waals surface area contributed by atoms with Crippen molar-refractivity contribution in [1.29, 1.82) is 0 Å². The summed E-state index contributed by atoms with van der Waals surface area (Å²) in [6, 6.07) is 0. The highest BCUT2D eigenvalue weighted by Gasteiger charge is 2.19. The van der Waals surface area contributed by atoms with Crippen molar-refractivity contribution in [3.8, 4) is 0 Å². The molecule has 0 atom stereocenters. The minimum atomic E-state index is -0.908. The third kappa shape index (κ3) is 3.60. The van der Waals surface area contributed by atoms with Gasteiger partial charge in [-0.05, 0) is 32.4 Å². The fourth-order valence-corrected chi connectivity index (χ4v) is 1.21. The molecule has 0 aliphatic carbocycles. The van der Waals surface area contributed by atoms with E-state index in [-0.39, 0.29) is 5.28 Å². The Labute approximate surface area is 90.2 Å². The first-order chi connectivity index (χ1) is 6.41. The number of nitrogens with zero attached hydrogens (tertiary/aromatic N) is 2. The van der Waals surface area contributed by atoms with Gasteiger partial charge < -0.3 is 5.11 Å². The van der Waals surface area contributed by atoms with Gasteiger partial charge in [0.2, 0.25) is 5.28 Å². The Morgan fingerprint density at radius 2 is 1.86 bits per heavy atom. The molecule has 0 saturated heterocycles. The first kappa shape index (κ1) is 13.3. The largest absolute Gasteiger partial charge is 0.386 e. The molecule has 1 aromatic rings. The number of aromatic nitrogens is 2. The Balaban J connectivity index is 0.000000791. The third-order valence-electron chi connectivity index (χ3n) is 1.61. The van der Waals surface area contributed by atoms with Gasteiger partial charge in [-0.2, -0.15) is 0 Å². The van der Waals surface area contributed by atoms with Crippen molar-refractivity contribution in [2.45, 2.75) is 40.2 Å². The molecule has 1 rings (SSSR count). The van der Waals surface area contributed by atoms with Crippen molar-refractivity contribution in [3.63, 3.8) is 0 Å². The molecule has 0 saturated carbocycles. The van der Waals surface area contributed by atoms with Gasteiger partial charge in [-0.1, -0.05) is 13.8 Å². The zero-order valence-corrected chi connectivity index (χ0v) is 10.1. The number of halogens is 1. The van der Waals surface area contributed by atoms with Crippen molar-refractivity contribution in [3.05, 3.63) is 22.7 Å². The van der Waals surface area contributed by atoms with Gasteiger partial charge in [0.1, 0.15) is 0 Å². The van der Waals surface area contributed by atoms with E-state index < -0.39 is 5.60 Å². The smallest absolute Gasteiger partial charge is 0.222 e. The van der Waals surface area contributed by atoms with E-state index in [4.69, 9.17) is 11.6 Å². The molecule has 0 bridgehead atoms. The summed E-state index contributed by atoms with van der Waals surface area (Å²) in [5, 5.41) is 9.85. The Morgan fingerprint density at radius 1 is 1.36 bits per heavy atom. The lowest BCUT2D eigenvalue weighted by Gasteiger charge is -2.18. The fourth-order valence-electron chi connectivity index (χ4n) is 1.04. The predicted molar refractivity (Wildman–Crippen MR) is 58.4 cm³/mol. The minimum absolute atomic E-state index is 0.209. The van der Waals surface area contributed by atoms with Crippen LogP contribution in [0.3, 0.4) is 0 Å². The lowest BCUT2D eigenvalue weighted by molar-refractivity contribution is 0.0770. The van der Waals surface area contributed by atoms with Crippen LogP contribution in [-0.4, -0.2) is 15.1 Å². The SMILES string of the molecule is CC.Cc1nc(Cl)ncc1C(C)(C)O. The lowest BCUT2D eigenvalue weighted by Crippen LogP contribution is -2.18. The molecule has 0 aliphatic rings. The molecule has 4 heteroatoms. The van der Waals surface area contributed by atoms with Gasteiger partial charge >= 0.3 is 0 Å². The normalized spacial score (nSPS) is 10.5. The standard InChI is InChI=1S/C8H11ClN2O.C2H6/c1-5-6(8(2,3)12)4-10-7(9)11-5;1-2/h4,12H,1-3H3;1-2H3. The maximum atomic E-state index is 9.64. The number of aryl methyl sites for hydroxylation is 1. The predicted octanol–water partition coefficient (Wildman–Crippen LogP) is 2.69. The second-order valence-electron chi connectivity index (χ2n) is 3.20. The van der Waals surface area contributed by atoms with Crippen LogP contribution in [0.2, 0.25) is 5.28 Å². The van der Waals surface area contributed by atoms with Gasteiger partial charge in [-0.15, -0.1) is 0 Å². The second-order valence-corrected chi connectivity index (χ2v) is 3.54. The summed E-state index contributed by atoms with van der Waals surface area (Å²) in [7, 11) is 0. The zero-order chi connectivity index (χ0) is 11.4. The van der Waals surface area contributed by atoms with Crippen LogP contribution in [0, 0.1) is 6.92 Å². The van der Waals surface area contributed by atoms with E-state index >= 15 is 0 Å². The number of hydrogen-bond donors (Lipinski definition) is 1. The lowest BCUT2D eigenvalue weighted by atomic mass is 9.99. The van der Waals surface area contributed by atoms with E-state index in [1.54, 1.807) is 27.0 Å². The average Bonchev–Trinajstić information content (AvgIpc) is 2.05. The van der Waals surface area contributed by atoms with Crippen LogP contribution in [0.25, 0.3) is 0 Å². The maximum absolute atomic E-state index is 9.64. The van der Waals surface area contributed by atoms with Crippen molar-refractivity contribution < 1.29 is 5.11 Å². The summed E-state index contributed by atoms with van der Waals surface area (Å²) in [4.78, 5) is 7.74. The van der Waals surface area contributed by atoms with E-state index in [1.165, 1.54) is 0 Å². The molecule has 0 spiro atoms. The molecular formula is C10H17ClN2O. The Hall–Kier alpha value is -0.670. The van der Waals surface area contributed by atoms with Gasteiger partial charge in [0.25, 0.3) is 0 Å². The third-order valence-corrected chi connectivity index (χ3v) is 1.79. The molecule has 80 valence electrons. The Bertz CT molecular complexity index is 295. The zero-order valence-electron chi connectivity index (χ0n) is 9.30. The van der Waals surface area contributed by atoms with E-state index in [9.17, 15) is 5.11 Å². The van der Waals surface area contributed by atoms with Gasteiger partial charge in [0.05, 0.1) is 5.60 Å². The van der Waals surface area contributed by atoms with Crippen LogP contribution in [0.4, 0.5) is 0 Å². The van der Waals surface area contributed by atoms with E-state index in [2.05, 4.69) is 9.97 Å².